The van der Waals surface area contributed by atoms with Gasteiger partial charge in [-0.15, -0.1) is 0 Å². The SMILES string of the molecule is CCCNc1nc(Nc2ccc(C(N)=O)cc2)ncc1C(=O)Nc1cccc(NC(=O)[C@H](C)N(C)C(=O)/C=C/CNC)c1. The molecule has 0 unspecified atom stereocenters. The van der Waals surface area contributed by atoms with Crippen LogP contribution in [0.1, 0.15) is 41.0 Å². The summed E-state index contributed by atoms with van der Waals surface area (Å²) in [5.41, 5.74) is 7.41. The van der Waals surface area contributed by atoms with Crippen molar-refractivity contribution >= 4 is 52.5 Å². The number of nitrogens with zero attached hydrogens (tertiary/aromatic N) is 3. The van der Waals surface area contributed by atoms with Gasteiger partial charge in [-0.25, -0.2) is 4.98 Å². The quantitative estimate of drug-likeness (QED) is 0.154. The second-order valence-electron chi connectivity index (χ2n) is 9.56. The lowest BCUT2D eigenvalue weighted by molar-refractivity contribution is -0.132. The Morgan fingerprint density at radius 3 is 2.37 bits per heavy atom. The molecule has 43 heavy (non-hydrogen) atoms. The number of aromatic nitrogens is 2. The van der Waals surface area contributed by atoms with Crippen LogP contribution in [-0.4, -0.2) is 71.7 Å². The summed E-state index contributed by atoms with van der Waals surface area (Å²) >= 11 is 0. The molecule has 0 saturated carbocycles. The monoisotopic (exact) mass is 587 g/mol. The Balaban J connectivity index is 1.70. The molecule has 13 heteroatoms. The number of nitrogens with one attached hydrogen (secondary N) is 5. The van der Waals surface area contributed by atoms with Crippen LogP contribution in [-0.2, 0) is 9.59 Å². The van der Waals surface area contributed by atoms with Crippen LogP contribution >= 0.6 is 0 Å². The normalized spacial score (nSPS) is 11.4. The van der Waals surface area contributed by atoms with E-state index >= 15 is 0 Å². The summed E-state index contributed by atoms with van der Waals surface area (Å²) < 4.78 is 0. The number of likely N-dealkylation sites (N-methyl/N-ethyl adjacent to an activating group) is 2. The summed E-state index contributed by atoms with van der Waals surface area (Å²) in [5, 5.41) is 14.7. The van der Waals surface area contributed by atoms with E-state index in [1.54, 1.807) is 75.6 Å². The lowest BCUT2D eigenvalue weighted by Gasteiger charge is -2.23. The number of carbonyl (C=O) groups is 4. The Morgan fingerprint density at radius 2 is 1.72 bits per heavy atom. The fraction of sp³-hybridized carbons (Fsp3) is 0.267. The van der Waals surface area contributed by atoms with Crippen LogP contribution in [0, 0.1) is 0 Å². The minimum Gasteiger partial charge on any atom is -0.369 e. The highest BCUT2D eigenvalue weighted by Crippen LogP contribution is 2.21. The van der Waals surface area contributed by atoms with Gasteiger partial charge in [0.15, 0.2) is 0 Å². The topological polar surface area (TPSA) is 183 Å². The maximum absolute atomic E-state index is 13.2. The Kier molecular flexibility index (Phi) is 11.7. The number of amides is 4. The highest BCUT2D eigenvalue weighted by molar-refractivity contribution is 6.08. The first kappa shape index (κ1) is 32.2. The maximum atomic E-state index is 13.2. The van der Waals surface area contributed by atoms with Gasteiger partial charge in [0.1, 0.15) is 17.4 Å². The van der Waals surface area contributed by atoms with Crippen molar-refractivity contribution < 1.29 is 19.2 Å². The van der Waals surface area contributed by atoms with Crippen molar-refractivity contribution in [2.75, 3.05) is 48.5 Å². The standard InChI is InChI=1S/C30H37N9O4/c1-5-15-33-27-24(18-34-30(38-27)37-21-13-11-20(12-14-21)26(31)41)29(43)36-23-9-6-8-22(17-23)35-28(42)19(2)39(4)25(40)10-7-16-32-3/h6-14,17-19,32H,5,15-16H2,1-4H3,(H2,31,41)(H,35,42)(H,36,43)(H2,33,34,37,38)/b10-7+/t19-/m0/s1. The molecule has 13 nitrogen and oxygen atoms in total. The molecule has 3 rings (SSSR count). The van der Waals surface area contributed by atoms with Gasteiger partial charge in [0.05, 0.1) is 0 Å². The Bertz CT molecular complexity index is 1470. The fourth-order valence-corrected chi connectivity index (χ4v) is 3.72. The van der Waals surface area contributed by atoms with Crippen LogP contribution in [0.5, 0.6) is 0 Å². The number of benzene rings is 2. The van der Waals surface area contributed by atoms with E-state index in [9.17, 15) is 19.2 Å². The van der Waals surface area contributed by atoms with E-state index in [2.05, 4.69) is 36.6 Å². The van der Waals surface area contributed by atoms with Gasteiger partial charge in [0, 0.05) is 55.0 Å². The van der Waals surface area contributed by atoms with E-state index in [0.717, 1.165) is 6.42 Å². The number of primary amides is 1. The molecule has 0 spiro atoms. The first-order chi connectivity index (χ1) is 20.6. The van der Waals surface area contributed by atoms with Gasteiger partial charge in [-0.1, -0.05) is 19.1 Å². The molecule has 4 amide bonds. The van der Waals surface area contributed by atoms with Gasteiger partial charge >= 0.3 is 0 Å². The second-order valence-corrected chi connectivity index (χ2v) is 9.56. The Morgan fingerprint density at radius 1 is 1.02 bits per heavy atom. The molecule has 3 aromatic rings. The smallest absolute Gasteiger partial charge is 0.260 e. The number of rotatable bonds is 14. The molecular weight excluding hydrogens is 550 g/mol. The number of hydrogen-bond acceptors (Lipinski definition) is 9. The number of carbonyl (C=O) groups excluding carboxylic acids is 4. The number of anilines is 5. The molecule has 0 saturated heterocycles. The van der Waals surface area contributed by atoms with Crippen LogP contribution in [0.2, 0.25) is 0 Å². The molecule has 0 aliphatic carbocycles. The van der Waals surface area contributed by atoms with E-state index in [0.29, 0.717) is 41.5 Å². The largest absolute Gasteiger partial charge is 0.369 e. The van der Waals surface area contributed by atoms with E-state index in [4.69, 9.17) is 5.73 Å². The molecule has 226 valence electrons. The summed E-state index contributed by atoms with van der Waals surface area (Å²) in [6.45, 7) is 4.73. The van der Waals surface area contributed by atoms with Gasteiger partial charge in [0.2, 0.25) is 23.7 Å². The summed E-state index contributed by atoms with van der Waals surface area (Å²) in [4.78, 5) is 59.8. The molecule has 0 bridgehead atoms. The zero-order valence-corrected chi connectivity index (χ0v) is 24.6. The van der Waals surface area contributed by atoms with Gasteiger partial charge in [0.25, 0.3) is 5.91 Å². The van der Waals surface area contributed by atoms with Crippen LogP contribution in [0.25, 0.3) is 0 Å². The number of nitrogens with two attached hydrogens (primary N) is 1. The minimum atomic E-state index is -0.734. The molecule has 0 radical (unpaired) electrons. The lowest BCUT2D eigenvalue weighted by atomic mass is 10.2. The molecule has 0 aliphatic heterocycles. The summed E-state index contributed by atoms with van der Waals surface area (Å²) in [6, 6.07) is 12.5. The third-order valence-corrected chi connectivity index (χ3v) is 6.28. The first-order valence-corrected chi connectivity index (χ1v) is 13.7. The van der Waals surface area contributed by atoms with Crippen molar-refractivity contribution in [3.8, 4) is 0 Å². The van der Waals surface area contributed by atoms with Crippen molar-refractivity contribution in [1.82, 2.24) is 20.2 Å². The van der Waals surface area contributed by atoms with Gasteiger partial charge in [-0.05, 0) is 62.9 Å². The van der Waals surface area contributed by atoms with E-state index in [1.807, 2.05) is 6.92 Å². The lowest BCUT2D eigenvalue weighted by Crippen LogP contribution is -2.42. The predicted octanol–water partition coefficient (Wildman–Crippen LogP) is 2.95. The van der Waals surface area contributed by atoms with E-state index < -0.39 is 17.9 Å². The van der Waals surface area contributed by atoms with Crippen LogP contribution < -0.4 is 32.3 Å². The van der Waals surface area contributed by atoms with Crippen molar-refractivity contribution in [3.05, 3.63) is 78.0 Å². The predicted molar refractivity (Wildman–Crippen MR) is 167 cm³/mol. The Labute approximate surface area is 250 Å². The van der Waals surface area contributed by atoms with Gasteiger partial charge in [-0.2, -0.15) is 4.98 Å². The fourth-order valence-electron chi connectivity index (χ4n) is 3.72. The molecule has 1 aromatic heterocycles. The van der Waals surface area contributed by atoms with Gasteiger partial charge in [-0.3, -0.25) is 19.2 Å². The molecule has 0 aliphatic rings. The van der Waals surface area contributed by atoms with E-state index in [-0.39, 0.29) is 23.3 Å². The zero-order chi connectivity index (χ0) is 31.4. The number of hydrogen-bond donors (Lipinski definition) is 6. The summed E-state index contributed by atoms with van der Waals surface area (Å²) in [6.07, 6.45) is 5.30. The van der Waals surface area contributed by atoms with E-state index in [1.165, 1.54) is 17.2 Å². The summed E-state index contributed by atoms with van der Waals surface area (Å²) in [5.74, 6) is -1.07. The van der Waals surface area contributed by atoms with Crippen LogP contribution in [0.3, 0.4) is 0 Å². The highest BCUT2D eigenvalue weighted by atomic mass is 16.2. The van der Waals surface area contributed by atoms with Gasteiger partial charge < -0.3 is 37.2 Å². The third kappa shape index (κ3) is 9.36. The average molecular weight is 588 g/mol. The molecule has 1 atom stereocenters. The first-order valence-electron chi connectivity index (χ1n) is 13.7. The average Bonchev–Trinajstić information content (AvgIpc) is 2.99. The molecule has 2 aromatic carbocycles. The minimum absolute atomic E-state index is 0.220. The third-order valence-electron chi connectivity index (χ3n) is 6.28. The van der Waals surface area contributed by atoms with Crippen molar-refractivity contribution in [2.45, 2.75) is 26.3 Å². The summed E-state index contributed by atoms with van der Waals surface area (Å²) in [7, 11) is 3.33. The molecule has 7 N–H and O–H groups in total. The molecule has 1 heterocycles. The van der Waals surface area contributed by atoms with Crippen molar-refractivity contribution in [3.63, 3.8) is 0 Å². The zero-order valence-electron chi connectivity index (χ0n) is 24.6. The van der Waals surface area contributed by atoms with Crippen molar-refractivity contribution in [1.29, 1.82) is 0 Å². The Hall–Kier alpha value is -5.30. The van der Waals surface area contributed by atoms with Crippen LogP contribution in [0.4, 0.5) is 28.8 Å². The highest BCUT2D eigenvalue weighted by Gasteiger charge is 2.21. The molecule has 0 fully saturated rings. The maximum Gasteiger partial charge on any atom is 0.260 e. The van der Waals surface area contributed by atoms with Crippen molar-refractivity contribution in [2.24, 2.45) is 5.73 Å². The second kappa shape index (κ2) is 15.6. The molecular formula is C30H37N9O4. The van der Waals surface area contributed by atoms with Crippen LogP contribution in [0.15, 0.2) is 66.9 Å².